The molecule has 10 heteroatoms. The number of esters is 1. The summed E-state index contributed by atoms with van der Waals surface area (Å²) < 4.78 is 39.3. The first-order chi connectivity index (χ1) is 15.1. The molecule has 174 valence electrons. The molecule has 0 saturated carbocycles. The van der Waals surface area contributed by atoms with E-state index in [4.69, 9.17) is 14.2 Å². The Kier molecular flexibility index (Phi) is 7.52. The number of aliphatic hydroxyl groups is 3. The summed E-state index contributed by atoms with van der Waals surface area (Å²) >= 11 is 0. The van der Waals surface area contributed by atoms with Gasteiger partial charge in [0.2, 0.25) is 6.29 Å². The molecule has 0 unspecified atom stereocenters. The van der Waals surface area contributed by atoms with Crippen molar-refractivity contribution in [1.82, 2.24) is 0 Å². The van der Waals surface area contributed by atoms with Gasteiger partial charge >= 0.3 is 5.97 Å². The second-order valence-electron chi connectivity index (χ2n) is 7.49. The molecule has 2 aromatic carbocycles. The summed E-state index contributed by atoms with van der Waals surface area (Å²) in [7, 11) is -3.28. The van der Waals surface area contributed by atoms with E-state index < -0.39 is 46.5 Å². The quantitative estimate of drug-likeness (QED) is 0.508. The van der Waals surface area contributed by atoms with Crippen LogP contribution in [0.4, 0.5) is 0 Å². The van der Waals surface area contributed by atoms with Crippen LogP contribution in [0.3, 0.4) is 0 Å². The summed E-state index contributed by atoms with van der Waals surface area (Å²) in [4.78, 5) is 11.6. The van der Waals surface area contributed by atoms with Crippen molar-refractivity contribution in [2.24, 2.45) is 0 Å². The van der Waals surface area contributed by atoms with Gasteiger partial charge in [-0.3, -0.25) is 4.79 Å². The van der Waals surface area contributed by atoms with Gasteiger partial charge in [0.05, 0.1) is 4.90 Å². The Balaban J connectivity index is 1.68. The third-order valence-corrected chi connectivity index (χ3v) is 6.22. The number of hydrogen-bond acceptors (Lipinski definition) is 9. The molecule has 0 spiro atoms. The van der Waals surface area contributed by atoms with E-state index in [9.17, 15) is 28.5 Å². The van der Waals surface area contributed by atoms with Crippen molar-refractivity contribution in [3.8, 4) is 16.9 Å². The average molecular weight is 467 g/mol. The molecule has 1 saturated heterocycles. The average Bonchev–Trinajstić information content (AvgIpc) is 2.78. The van der Waals surface area contributed by atoms with Crippen molar-refractivity contribution >= 4 is 15.8 Å². The smallest absolute Gasteiger partial charge is 0.305 e. The van der Waals surface area contributed by atoms with Crippen LogP contribution in [0.15, 0.2) is 53.4 Å². The summed E-state index contributed by atoms with van der Waals surface area (Å²) in [5, 5.41) is 30.4. The van der Waals surface area contributed by atoms with Crippen LogP contribution >= 0.6 is 0 Å². The van der Waals surface area contributed by atoms with Crippen molar-refractivity contribution in [2.75, 3.05) is 12.9 Å². The minimum absolute atomic E-state index is 0.150. The molecule has 2 aromatic rings. The molecule has 0 amide bonds. The van der Waals surface area contributed by atoms with Crippen LogP contribution < -0.4 is 4.74 Å². The minimum atomic E-state index is -3.28. The van der Waals surface area contributed by atoms with E-state index >= 15 is 0 Å². The van der Waals surface area contributed by atoms with Gasteiger partial charge in [-0.1, -0.05) is 31.2 Å². The van der Waals surface area contributed by atoms with E-state index in [1.54, 1.807) is 43.3 Å². The highest BCUT2D eigenvalue weighted by Gasteiger charge is 2.45. The van der Waals surface area contributed by atoms with Gasteiger partial charge in [0.1, 0.15) is 36.8 Å². The molecule has 1 aliphatic rings. The summed E-state index contributed by atoms with van der Waals surface area (Å²) in [6, 6.07) is 13.2. The predicted octanol–water partition coefficient (Wildman–Crippen LogP) is 0.897. The predicted molar refractivity (Wildman–Crippen MR) is 114 cm³/mol. The zero-order chi connectivity index (χ0) is 23.5. The Morgan fingerprint density at radius 2 is 1.50 bits per heavy atom. The lowest BCUT2D eigenvalue weighted by Crippen LogP contribution is -2.60. The lowest BCUT2D eigenvalue weighted by molar-refractivity contribution is -0.278. The van der Waals surface area contributed by atoms with Crippen LogP contribution in [0.5, 0.6) is 5.75 Å². The normalized spacial score (nSPS) is 25.8. The molecule has 9 nitrogen and oxygen atoms in total. The minimum Gasteiger partial charge on any atom is -0.463 e. The topological polar surface area (TPSA) is 140 Å². The van der Waals surface area contributed by atoms with Crippen LogP contribution in [-0.4, -0.2) is 73.3 Å². The number of aliphatic hydroxyl groups excluding tert-OH is 3. The molecule has 32 heavy (non-hydrogen) atoms. The van der Waals surface area contributed by atoms with Gasteiger partial charge in [-0.25, -0.2) is 8.42 Å². The van der Waals surface area contributed by atoms with Gasteiger partial charge in [-0.15, -0.1) is 0 Å². The van der Waals surface area contributed by atoms with Crippen molar-refractivity contribution in [2.45, 2.75) is 48.9 Å². The maximum atomic E-state index is 11.6. The van der Waals surface area contributed by atoms with E-state index in [1.165, 1.54) is 12.1 Å². The molecule has 0 aromatic heterocycles. The molecule has 1 heterocycles. The van der Waals surface area contributed by atoms with Crippen LogP contribution in [0.2, 0.25) is 0 Å². The fraction of sp³-hybridized carbons (Fsp3) is 0.409. The summed E-state index contributed by atoms with van der Waals surface area (Å²) in [6.07, 6.45) is -5.59. The highest BCUT2D eigenvalue weighted by molar-refractivity contribution is 7.90. The van der Waals surface area contributed by atoms with E-state index in [0.29, 0.717) is 5.75 Å². The largest absolute Gasteiger partial charge is 0.463 e. The van der Waals surface area contributed by atoms with Gasteiger partial charge in [-0.05, 0) is 35.4 Å². The van der Waals surface area contributed by atoms with Crippen LogP contribution in [-0.2, 0) is 24.1 Å². The van der Waals surface area contributed by atoms with Gasteiger partial charge < -0.3 is 29.5 Å². The fourth-order valence-corrected chi connectivity index (χ4v) is 3.81. The highest BCUT2D eigenvalue weighted by Crippen LogP contribution is 2.27. The zero-order valence-corrected chi connectivity index (χ0v) is 18.4. The molecule has 1 aliphatic heterocycles. The molecule has 3 N–H and O–H groups in total. The molecular weight excluding hydrogens is 440 g/mol. The lowest BCUT2D eigenvalue weighted by atomic mass is 9.99. The molecule has 0 bridgehead atoms. The molecule has 3 rings (SSSR count). The first-order valence-electron chi connectivity index (χ1n) is 10.0. The summed E-state index contributed by atoms with van der Waals surface area (Å²) in [5.41, 5.74) is 1.61. The van der Waals surface area contributed by atoms with Crippen molar-refractivity contribution in [3.63, 3.8) is 0 Å². The summed E-state index contributed by atoms with van der Waals surface area (Å²) in [5.74, 6) is -0.155. The molecule has 0 radical (unpaired) electrons. The molecule has 1 fully saturated rings. The standard InChI is InChI=1S/C22H26O9S/c1-3-18(23)29-12-17-19(24)20(25)21(26)22(31-17)30-15-8-4-13(5-9-15)14-6-10-16(11-7-14)32(2,27)28/h4-11,17,19-22,24-26H,3,12H2,1-2H3/t17-,19-,20+,21+,22+/m1/s1. The van der Waals surface area contributed by atoms with Crippen LogP contribution in [0.25, 0.3) is 11.1 Å². The Morgan fingerprint density at radius 1 is 0.938 bits per heavy atom. The number of benzene rings is 2. The second kappa shape index (κ2) is 9.97. The number of rotatable bonds is 7. The maximum absolute atomic E-state index is 11.6. The zero-order valence-electron chi connectivity index (χ0n) is 17.6. The van der Waals surface area contributed by atoms with Gasteiger partial charge in [0, 0.05) is 12.7 Å². The van der Waals surface area contributed by atoms with E-state index in [0.717, 1.165) is 17.4 Å². The molecular formula is C22H26O9S. The van der Waals surface area contributed by atoms with Crippen molar-refractivity contribution < 1.29 is 42.7 Å². The molecule has 5 atom stereocenters. The Morgan fingerprint density at radius 3 is 2.03 bits per heavy atom. The van der Waals surface area contributed by atoms with Crippen molar-refractivity contribution in [3.05, 3.63) is 48.5 Å². The maximum Gasteiger partial charge on any atom is 0.305 e. The number of carbonyl (C=O) groups excluding carboxylic acids is 1. The van der Waals surface area contributed by atoms with Gasteiger partial charge in [0.15, 0.2) is 9.84 Å². The third-order valence-electron chi connectivity index (χ3n) is 5.09. The monoisotopic (exact) mass is 466 g/mol. The highest BCUT2D eigenvalue weighted by atomic mass is 32.2. The summed E-state index contributed by atoms with van der Waals surface area (Å²) in [6.45, 7) is 1.33. The molecule has 0 aliphatic carbocycles. The van der Waals surface area contributed by atoms with E-state index in [2.05, 4.69) is 0 Å². The van der Waals surface area contributed by atoms with Crippen molar-refractivity contribution in [1.29, 1.82) is 0 Å². The Labute approximate surface area is 186 Å². The van der Waals surface area contributed by atoms with Gasteiger partial charge in [-0.2, -0.15) is 0 Å². The van der Waals surface area contributed by atoms with Gasteiger partial charge in [0.25, 0.3) is 0 Å². The number of carbonyl (C=O) groups is 1. The Hall–Kier alpha value is -2.50. The lowest BCUT2D eigenvalue weighted by Gasteiger charge is -2.39. The van der Waals surface area contributed by atoms with Crippen LogP contribution in [0.1, 0.15) is 13.3 Å². The SMILES string of the molecule is CCC(=O)OC[C@H]1O[C@H](Oc2ccc(-c3ccc(S(C)(=O)=O)cc3)cc2)[C@@H](O)[C@@H](O)[C@@H]1O. The number of hydrogen-bond donors (Lipinski definition) is 3. The first kappa shape index (κ1) is 24.1. The Bertz CT molecular complexity index is 1020. The number of ether oxygens (including phenoxy) is 3. The first-order valence-corrected chi connectivity index (χ1v) is 11.9. The second-order valence-corrected chi connectivity index (χ2v) is 9.51. The number of sulfone groups is 1. The third kappa shape index (κ3) is 5.64. The van der Waals surface area contributed by atoms with E-state index in [1.807, 2.05) is 0 Å². The fourth-order valence-electron chi connectivity index (χ4n) is 3.18. The van der Waals surface area contributed by atoms with E-state index in [-0.39, 0.29) is 17.9 Å². The van der Waals surface area contributed by atoms with Crippen LogP contribution in [0, 0.1) is 0 Å².